The van der Waals surface area contributed by atoms with E-state index in [1.54, 1.807) is 0 Å². The summed E-state index contributed by atoms with van der Waals surface area (Å²) >= 11 is 0. The monoisotopic (exact) mass is 652 g/mol. The second-order valence-corrected chi connectivity index (χ2v) is 12.4. The molecule has 1 aliphatic heterocycles. The van der Waals surface area contributed by atoms with Crippen molar-refractivity contribution in [2.45, 2.75) is 70.0 Å². The van der Waals surface area contributed by atoms with Crippen LogP contribution in [0.1, 0.15) is 72.5 Å². The molecule has 0 saturated carbocycles. The lowest BCUT2D eigenvalue weighted by Crippen LogP contribution is -2.43. The van der Waals surface area contributed by atoms with E-state index in [-0.39, 0.29) is 43.6 Å². The molecule has 4 aromatic carbocycles. The van der Waals surface area contributed by atoms with Gasteiger partial charge in [0.05, 0.1) is 31.3 Å². The van der Waals surface area contributed by atoms with Crippen molar-refractivity contribution in [1.29, 1.82) is 0 Å². The van der Waals surface area contributed by atoms with Crippen molar-refractivity contribution in [2.24, 2.45) is 0 Å². The van der Waals surface area contributed by atoms with E-state index in [4.69, 9.17) is 14.6 Å². The molecule has 4 N–H and O–H groups in total. The summed E-state index contributed by atoms with van der Waals surface area (Å²) in [7, 11) is 2.00. The number of amides is 1. The fraction of sp³-hybridized carbons (Fsp3) is 0.333. The Morgan fingerprint density at radius 2 is 1.56 bits per heavy atom. The number of ether oxygens (including phenoxy) is 2. The molecule has 1 fully saturated rings. The van der Waals surface area contributed by atoms with Crippen LogP contribution < -0.4 is 5.32 Å². The molecule has 0 aromatic heterocycles. The van der Waals surface area contributed by atoms with E-state index in [1.807, 2.05) is 117 Å². The first-order valence-corrected chi connectivity index (χ1v) is 16.3. The van der Waals surface area contributed by atoms with Gasteiger partial charge in [-0.05, 0) is 53.4 Å². The van der Waals surface area contributed by atoms with E-state index in [2.05, 4.69) is 10.2 Å². The van der Waals surface area contributed by atoms with Crippen molar-refractivity contribution in [3.8, 4) is 11.1 Å². The van der Waals surface area contributed by atoms with Crippen LogP contribution in [0.4, 0.5) is 0 Å². The minimum absolute atomic E-state index is 0.0245. The van der Waals surface area contributed by atoms with Gasteiger partial charge in [0.1, 0.15) is 0 Å². The molecule has 4 aromatic rings. The van der Waals surface area contributed by atoms with Gasteiger partial charge in [0.25, 0.3) is 0 Å². The fourth-order valence-electron chi connectivity index (χ4n) is 5.89. The van der Waals surface area contributed by atoms with E-state index < -0.39 is 18.4 Å². The molecule has 0 aliphatic carbocycles. The molecule has 1 heterocycles. The van der Waals surface area contributed by atoms with Gasteiger partial charge in [-0.25, -0.2) is 0 Å². The molecule has 5 atom stereocenters. The highest BCUT2D eigenvalue weighted by Crippen LogP contribution is 2.39. The van der Waals surface area contributed by atoms with E-state index >= 15 is 0 Å². The van der Waals surface area contributed by atoms with E-state index in [0.29, 0.717) is 19.5 Å². The van der Waals surface area contributed by atoms with Crippen LogP contribution in [0.3, 0.4) is 0 Å². The summed E-state index contributed by atoms with van der Waals surface area (Å²) in [6, 6.07) is 33.2. The maximum atomic E-state index is 12.0. The van der Waals surface area contributed by atoms with Crippen LogP contribution in [0.2, 0.25) is 0 Å². The summed E-state index contributed by atoms with van der Waals surface area (Å²) in [6.45, 7) is 2.89. The summed E-state index contributed by atoms with van der Waals surface area (Å²) in [4.78, 5) is 24.9. The Balaban J connectivity index is 1.29. The van der Waals surface area contributed by atoms with Gasteiger partial charge < -0.3 is 30.1 Å². The molecule has 5 rings (SSSR count). The number of aliphatic hydroxyl groups is 2. The lowest BCUT2D eigenvalue weighted by atomic mass is 9.98. The summed E-state index contributed by atoms with van der Waals surface area (Å²) in [6.07, 6.45) is -1.29. The standard InChI is InChI=1S/C39H44N2O7/c1-26(38(46)31-8-4-3-5-9-31)41(2)24-34-22-35(30-13-11-27(25-42)12-14-30)48-39(47-34)32-17-15-29(16-18-32)33-10-6-7-28(21-33)23-40-36(43)19-20-37(44)45/h3-18,21,26,34-35,38-39,42,46H,19-20,22-25H2,1-2H3,(H,40,43)(H,44,45)/t26-,34+,35-,38-,39-/m1/s1. The predicted octanol–water partition coefficient (Wildman–Crippen LogP) is 5.93. The summed E-state index contributed by atoms with van der Waals surface area (Å²) in [5, 5.41) is 32.2. The van der Waals surface area contributed by atoms with Crippen molar-refractivity contribution >= 4 is 11.9 Å². The van der Waals surface area contributed by atoms with Crippen molar-refractivity contribution in [1.82, 2.24) is 10.2 Å². The number of carbonyl (C=O) groups is 2. The van der Waals surface area contributed by atoms with Gasteiger partial charge in [0.15, 0.2) is 6.29 Å². The Labute approximate surface area is 281 Å². The Bertz CT molecular complexity index is 1630. The number of benzene rings is 4. The summed E-state index contributed by atoms with van der Waals surface area (Å²) in [5.74, 6) is -1.29. The number of rotatable bonds is 14. The van der Waals surface area contributed by atoms with Crippen LogP contribution in [0.5, 0.6) is 0 Å². The first-order chi connectivity index (χ1) is 23.2. The van der Waals surface area contributed by atoms with Gasteiger partial charge >= 0.3 is 5.97 Å². The minimum atomic E-state index is -0.997. The molecule has 48 heavy (non-hydrogen) atoms. The molecule has 0 unspecified atom stereocenters. The molecule has 1 aliphatic rings. The van der Waals surface area contributed by atoms with Gasteiger partial charge in [-0.15, -0.1) is 0 Å². The number of aliphatic hydroxyl groups excluding tert-OH is 2. The number of hydrogen-bond acceptors (Lipinski definition) is 7. The van der Waals surface area contributed by atoms with E-state index in [0.717, 1.165) is 38.9 Å². The Hall–Kier alpha value is -4.38. The van der Waals surface area contributed by atoms with Gasteiger partial charge in [0.2, 0.25) is 5.91 Å². The Morgan fingerprint density at radius 1 is 0.854 bits per heavy atom. The van der Waals surface area contributed by atoms with Crippen LogP contribution >= 0.6 is 0 Å². The molecular weight excluding hydrogens is 608 g/mol. The lowest BCUT2D eigenvalue weighted by Gasteiger charge is -2.39. The van der Waals surface area contributed by atoms with Crippen LogP contribution in [0.15, 0.2) is 103 Å². The quantitative estimate of drug-likeness (QED) is 0.132. The molecule has 0 bridgehead atoms. The minimum Gasteiger partial charge on any atom is -0.481 e. The number of likely N-dealkylation sites (N-methyl/N-ethyl adjacent to an activating group) is 1. The molecule has 9 nitrogen and oxygen atoms in total. The Kier molecular flexibility index (Phi) is 12.1. The fourth-order valence-corrected chi connectivity index (χ4v) is 5.89. The molecule has 1 amide bonds. The zero-order valence-electron chi connectivity index (χ0n) is 27.4. The van der Waals surface area contributed by atoms with Crippen molar-refractivity contribution in [2.75, 3.05) is 13.6 Å². The third kappa shape index (κ3) is 9.37. The van der Waals surface area contributed by atoms with Crippen LogP contribution in [0.25, 0.3) is 11.1 Å². The number of aliphatic carboxylic acids is 1. The number of carboxylic acid groups (broad SMARTS) is 1. The van der Waals surface area contributed by atoms with Crippen LogP contribution in [-0.4, -0.2) is 57.8 Å². The van der Waals surface area contributed by atoms with Crippen molar-refractivity contribution in [3.05, 3.63) is 131 Å². The maximum absolute atomic E-state index is 12.0. The second kappa shape index (κ2) is 16.6. The summed E-state index contributed by atoms with van der Waals surface area (Å²) < 4.78 is 13.1. The van der Waals surface area contributed by atoms with Crippen LogP contribution in [-0.2, 0) is 32.2 Å². The zero-order chi connectivity index (χ0) is 34.0. The van der Waals surface area contributed by atoms with Gasteiger partial charge in [-0.2, -0.15) is 0 Å². The average molecular weight is 653 g/mol. The van der Waals surface area contributed by atoms with Gasteiger partial charge in [-0.3, -0.25) is 14.5 Å². The van der Waals surface area contributed by atoms with Crippen molar-refractivity contribution < 1.29 is 34.4 Å². The lowest BCUT2D eigenvalue weighted by molar-refractivity contribution is -0.253. The van der Waals surface area contributed by atoms with Crippen LogP contribution in [0, 0.1) is 0 Å². The number of nitrogens with one attached hydrogen (secondary N) is 1. The van der Waals surface area contributed by atoms with Gasteiger partial charge in [-0.1, -0.05) is 97.1 Å². The van der Waals surface area contributed by atoms with E-state index in [1.165, 1.54) is 0 Å². The smallest absolute Gasteiger partial charge is 0.303 e. The zero-order valence-corrected chi connectivity index (χ0v) is 27.4. The highest BCUT2D eigenvalue weighted by atomic mass is 16.7. The van der Waals surface area contributed by atoms with Gasteiger partial charge in [0, 0.05) is 37.5 Å². The summed E-state index contributed by atoms with van der Waals surface area (Å²) in [5.41, 5.74) is 6.48. The number of carbonyl (C=O) groups excluding carboxylic acids is 1. The average Bonchev–Trinajstić information content (AvgIpc) is 3.13. The molecule has 9 heteroatoms. The second-order valence-electron chi connectivity index (χ2n) is 12.4. The number of nitrogens with zero attached hydrogens (tertiary/aromatic N) is 1. The molecule has 252 valence electrons. The highest BCUT2D eigenvalue weighted by Gasteiger charge is 2.34. The largest absolute Gasteiger partial charge is 0.481 e. The topological polar surface area (TPSA) is 129 Å². The maximum Gasteiger partial charge on any atom is 0.303 e. The number of carboxylic acids is 1. The molecule has 0 spiro atoms. The third-order valence-electron chi connectivity index (χ3n) is 8.90. The highest BCUT2D eigenvalue weighted by molar-refractivity contribution is 5.80. The molecular formula is C39H44N2O7. The first-order valence-electron chi connectivity index (χ1n) is 16.3. The Morgan fingerprint density at radius 3 is 2.25 bits per heavy atom. The van der Waals surface area contributed by atoms with E-state index in [9.17, 15) is 19.8 Å². The molecule has 1 saturated heterocycles. The third-order valence-corrected chi connectivity index (χ3v) is 8.90. The normalized spacial score (nSPS) is 19.1. The van der Waals surface area contributed by atoms with Crippen molar-refractivity contribution in [3.63, 3.8) is 0 Å². The molecule has 0 radical (unpaired) electrons. The SMILES string of the molecule is C[C@H]([C@@H](O)c1ccccc1)N(C)C[C@@H]1C[C@H](c2ccc(CO)cc2)O[C@H](c2ccc(-c3cccc(CNC(=O)CCC(=O)O)c3)cc2)O1. The predicted molar refractivity (Wildman–Crippen MR) is 183 cm³/mol. The number of hydrogen-bond donors (Lipinski definition) is 4. The first kappa shape index (κ1) is 34.9.